The molecule has 0 radical (unpaired) electrons. The molecule has 10 heteroatoms. The number of esters is 2. The van der Waals surface area contributed by atoms with Crippen LogP contribution in [0.25, 0.3) is 0 Å². The van der Waals surface area contributed by atoms with Crippen molar-refractivity contribution in [3.8, 4) is 0 Å². The number of hydrogen-bond acceptors (Lipinski definition) is 8. The van der Waals surface area contributed by atoms with Gasteiger partial charge >= 0.3 is 19.8 Å². The average molecular weight is 768 g/mol. The number of phosphoric acid groups is 1. The van der Waals surface area contributed by atoms with Crippen molar-refractivity contribution in [3.05, 3.63) is 48.6 Å². The molecular formula is C43H78NO8P. The van der Waals surface area contributed by atoms with Crippen molar-refractivity contribution in [1.82, 2.24) is 0 Å². The second-order valence-corrected chi connectivity index (χ2v) is 15.3. The molecule has 0 spiro atoms. The maximum atomic E-state index is 12.5. The Morgan fingerprint density at radius 2 is 0.981 bits per heavy atom. The lowest BCUT2D eigenvalue weighted by Gasteiger charge is -2.19. The highest BCUT2D eigenvalue weighted by atomic mass is 31.2. The zero-order valence-corrected chi connectivity index (χ0v) is 34.6. The molecule has 0 saturated carbocycles. The molecule has 0 aromatic carbocycles. The van der Waals surface area contributed by atoms with E-state index in [2.05, 4.69) is 62.5 Å². The van der Waals surface area contributed by atoms with Crippen LogP contribution in [0.2, 0.25) is 0 Å². The van der Waals surface area contributed by atoms with Gasteiger partial charge in [0.25, 0.3) is 0 Å². The van der Waals surface area contributed by atoms with E-state index in [1.807, 2.05) is 0 Å². The molecule has 0 aliphatic carbocycles. The number of rotatable bonds is 39. The molecule has 0 aromatic heterocycles. The predicted octanol–water partition coefficient (Wildman–Crippen LogP) is 11.9. The third-order valence-corrected chi connectivity index (χ3v) is 9.70. The Balaban J connectivity index is 4.22. The van der Waals surface area contributed by atoms with Crippen LogP contribution in [0.4, 0.5) is 0 Å². The standard InChI is InChI=1S/C43H78NO8P/c1-3-5-7-9-11-13-15-17-18-19-20-21-22-24-25-27-29-31-33-35-42(45)49-39-41(40-51-53(47,48)50-38-37-44)52-43(46)36-34-32-30-28-26-23-16-14-12-10-8-6-4-2/h11,13,17-18,20-21,24-25,41H,3-10,12,14-16,19,22-23,26-40,44H2,1-2H3,(H,47,48). The van der Waals surface area contributed by atoms with Crippen LogP contribution in [0.5, 0.6) is 0 Å². The summed E-state index contributed by atoms with van der Waals surface area (Å²) in [6.45, 7) is 3.66. The number of unbranched alkanes of at least 4 members (excludes halogenated alkanes) is 18. The van der Waals surface area contributed by atoms with Gasteiger partial charge in [0.1, 0.15) is 6.61 Å². The van der Waals surface area contributed by atoms with Gasteiger partial charge in [0.2, 0.25) is 0 Å². The summed E-state index contributed by atoms with van der Waals surface area (Å²) in [5.41, 5.74) is 5.34. The molecule has 0 saturated heterocycles. The lowest BCUT2D eigenvalue weighted by atomic mass is 10.0. The summed E-state index contributed by atoms with van der Waals surface area (Å²) in [4.78, 5) is 34.8. The first-order valence-corrected chi connectivity index (χ1v) is 22.6. The minimum Gasteiger partial charge on any atom is -0.462 e. The van der Waals surface area contributed by atoms with E-state index in [0.29, 0.717) is 12.8 Å². The van der Waals surface area contributed by atoms with Crippen molar-refractivity contribution < 1.29 is 37.6 Å². The lowest BCUT2D eigenvalue weighted by molar-refractivity contribution is -0.161. The molecule has 2 atom stereocenters. The van der Waals surface area contributed by atoms with E-state index in [1.165, 1.54) is 83.5 Å². The molecule has 0 heterocycles. The van der Waals surface area contributed by atoms with Gasteiger partial charge in [-0.2, -0.15) is 0 Å². The van der Waals surface area contributed by atoms with Gasteiger partial charge in [-0.05, 0) is 57.8 Å². The van der Waals surface area contributed by atoms with Gasteiger partial charge in [-0.15, -0.1) is 0 Å². The Morgan fingerprint density at radius 3 is 1.49 bits per heavy atom. The Morgan fingerprint density at radius 1 is 0.566 bits per heavy atom. The third kappa shape index (κ3) is 39.5. The SMILES string of the molecule is CCCCCC=CCC=CCC=CCC=CCCCCCC(=O)OCC(COP(=O)(O)OCCN)OC(=O)CCCCCCCCCCCCCCC. The topological polar surface area (TPSA) is 134 Å². The van der Waals surface area contributed by atoms with Crippen LogP contribution in [-0.4, -0.2) is 49.3 Å². The zero-order chi connectivity index (χ0) is 38.9. The van der Waals surface area contributed by atoms with Gasteiger partial charge in [0.15, 0.2) is 6.10 Å². The Bertz CT molecular complexity index is 1010. The molecule has 3 N–H and O–H groups in total. The quantitative estimate of drug-likeness (QED) is 0.0271. The summed E-state index contributed by atoms with van der Waals surface area (Å²) in [6.07, 6.45) is 44.2. The van der Waals surface area contributed by atoms with Crippen LogP contribution >= 0.6 is 7.82 Å². The van der Waals surface area contributed by atoms with Crippen molar-refractivity contribution in [2.75, 3.05) is 26.4 Å². The number of phosphoric ester groups is 1. The van der Waals surface area contributed by atoms with E-state index in [4.69, 9.17) is 24.3 Å². The van der Waals surface area contributed by atoms with Crippen LogP contribution in [-0.2, 0) is 32.7 Å². The van der Waals surface area contributed by atoms with E-state index in [1.54, 1.807) is 0 Å². The lowest BCUT2D eigenvalue weighted by Crippen LogP contribution is -2.29. The highest BCUT2D eigenvalue weighted by molar-refractivity contribution is 7.47. The fourth-order valence-corrected chi connectivity index (χ4v) is 6.32. The van der Waals surface area contributed by atoms with Crippen LogP contribution in [0.15, 0.2) is 48.6 Å². The van der Waals surface area contributed by atoms with Crippen LogP contribution in [0.3, 0.4) is 0 Å². The summed E-state index contributed by atoms with van der Waals surface area (Å²) in [6, 6.07) is 0. The minimum atomic E-state index is -4.38. The molecule has 0 aliphatic heterocycles. The molecule has 0 rings (SSSR count). The monoisotopic (exact) mass is 768 g/mol. The molecule has 0 fully saturated rings. The Labute approximate surface area is 324 Å². The Kier molecular flexibility index (Phi) is 38.1. The average Bonchev–Trinajstić information content (AvgIpc) is 3.14. The van der Waals surface area contributed by atoms with Gasteiger partial charge in [-0.1, -0.05) is 159 Å². The number of ether oxygens (including phenoxy) is 2. The van der Waals surface area contributed by atoms with Crippen LogP contribution in [0, 0.1) is 0 Å². The molecule has 0 aromatic rings. The van der Waals surface area contributed by atoms with Gasteiger partial charge < -0.3 is 20.1 Å². The molecule has 308 valence electrons. The highest BCUT2D eigenvalue weighted by Gasteiger charge is 2.26. The number of hydrogen-bond donors (Lipinski definition) is 2. The molecule has 0 aliphatic rings. The minimum absolute atomic E-state index is 0.0482. The first kappa shape index (κ1) is 51.0. The predicted molar refractivity (Wildman–Crippen MR) is 220 cm³/mol. The van der Waals surface area contributed by atoms with Gasteiger partial charge in [-0.3, -0.25) is 18.6 Å². The smallest absolute Gasteiger partial charge is 0.462 e. The molecule has 0 amide bonds. The number of nitrogens with two attached hydrogens (primary N) is 1. The van der Waals surface area contributed by atoms with Gasteiger partial charge in [0, 0.05) is 19.4 Å². The molecular weight excluding hydrogens is 689 g/mol. The summed E-state index contributed by atoms with van der Waals surface area (Å²) in [5.74, 6) is -0.864. The zero-order valence-electron chi connectivity index (χ0n) is 33.7. The first-order chi connectivity index (χ1) is 25.8. The van der Waals surface area contributed by atoms with Gasteiger partial charge in [0.05, 0.1) is 13.2 Å². The van der Waals surface area contributed by atoms with Crippen molar-refractivity contribution in [1.29, 1.82) is 0 Å². The van der Waals surface area contributed by atoms with Crippen LogP contribution in [0.1, 0.15) is 181 Å². The summed E-state index contributed by atoms with van der Waals surface area (Å²) in [5, 5.41) is 0. The van der Waals surface area contributed by atoms with E-state index in [0.717, 1.165) is 57.8 Å². The van der Waals surface area contributed by atoms with Crippen molar-refractivity contribution in [2.45, 2.75) is 187 Å². The van der Waals surface area contributed by atoms with E-state index < -0.39 is 32.5 Å². The number of carbonyl (C=O) groups is 2. The van der Waals surface area contributed by atoms with E-state index >= 15 is 0 Å². The summed E-state index contributed by atoms with van der Waals surface area (Å²) in [7, 11) is -4.38. The fourth-order valence-electron chi connectivity index (χ4n) is 5.56. The highest BCUT2D eigenvalue weighted by Crippen LogP contribution is 2.43. The summed E-state index contributed by atoms with van der Waals surface area (Å²) < 4.78 is 32.7. The Hall–Kier alpha value is -2.03. The third-order valence-electron chi connectivity index (χ3n) is 8.72. The number of carbonyl (C=O) groups excluding carboxylic acids is 2. The largest absolute Gasteiger partial charge is 0.472 e. The summed E-state index contributed by atoms with van der Waals surface area (Å²) >= 11 is 0. The second-order valence-electron chi connectivity index (χ2n) is 13.9. The molecule has 53 heavy (non-hydrogen) atoms. The van der Waals surface area contributed by atoms with Crippen LogP contribution < -0.4 is 5.73 Å². The van der Waals surface area contributed by atoms with Gasteiger partial charge in [-0.25, -0.2) is 4.57 Å². The van der Waals surface area contributed by atoms with E-state index in [-0.39, 0.29) is 32.6 Å². The van der Waals surface area contributed by atoms with Crippen molar-refractivity contribution in [2.24, 2.45) is 5.73 Å². The molecule has 9 nitrogen and oxygen atoms in total. The molecule has 2 unspecified atom stereocenters. The normalized spacial score (nSPS) is 13.8. The fraction of sp³-hybridized carbons (Fsp3) is 0.767. The second kappa shape index (κ2) is 39.7. The maximum Gasteiger partial charge on any atom is 0.472 e. The first-order valence-electron chi connectivity index (χ1n) is 21.1. The van der Waals surface area contributed by atoms with Crippen molar-refractivity contribution in [3.63, 3.8) is 0 Å². The maximum absolute atomic E-state index is 12.5. The number of allylic oxidation sites excluding steroid dienone is 8. The molecule has 0 bridgehead atoms. The van der Waals surface area contributed by atoms with E-state index in [9.17, 15) is 19.0 Å². The van der Waals surface area contributed by atoms with Crippen molar-refractivity contribution >= 4 is 19.8 Å².